The second kappa shape index (κ2) is 2.46. The molecule has 0 spiro atoms. The van der Waals surface area contributed by atoms with Crippen LogP contribution in [-0.2, 0) is 0 Å². The van der Waals surface area contributed by atoms with Crippen LogP contribution in [0.3, 0.4) is 0 Å². The Bertz CT molecular complexity index is 65.4. The first kappa shape index (κ1) is 7.92. The predicted molar refractivity (Wildman–Crippen MR) is 34.6 cm³/mol. The van der Waals surface area contributed by atoms with E-state index in [1.165, 1.54) is 0 Å². The van der Waals surface area contributed by atoms with Crippen molar-refractivity contribution in [1.29, 1.82) is 0 Å². The van der Waals surface area contributed by atoms with Gasteiger partial charge in [0, 0.05) is 0 Å². The van der Waals surface area contributed by atoms with Crippen LogP contribution in [0.2, 0.25) is 0 Å². The first-order valence-corrected chi connectivity index (χ1v) is 2.90. The van der Waals surface area contributed by atoms with Crippen molar-refractivity contribution in [2.75, 3.05) is 27.7 Å². The van der Waals surface area contributed by atoms with Crippen molar-refractivity contribution >= 4 is 0 Å². The molecule has 0 amide bonds. The average Bonchev–Trinajstić information content (AvgIpc) is 1.62. The van der Waals surface area contributed by atoms with E-state index in [4.69, 9.17) is 5.11 Å². The van der Waals surface area contributed by atoms with Crippen molar-refractivity contribution in [2.24, 2.45) is 0 Å². The maximum absolute atomic E-state index is 8.65. The highest BCUT2D eigenvalue weighted by Crippen LogP contribution is 1.98. The molecule has 50 valence electrons. The Morgan fingerprint density at radius 3 is 1.75 bits per heavy atom. The summed E-state index contributed by atoms with van der Waals surface area (Å²) in [5.41, 5.74) is 0. The van der Waals surface area contributed by atoms with Crippen LogP contribution in [0.15, 0.2) is 0 Å². The van der Waals surface area contributed by atoms with Gasteiger partial charge < -0.3 is 9.59 Å². The lowest BCUT2D eigenvalue weighted by Gasteiger charge is -2.29. The molecule has 0 saturated carbocycles. The highest BCUT2D eigenvalue weighted by Gasteiger charge is 2.15. The van der Waals surface area contributed by atoms with Crippen molar-refractivity contribution in [1.82, 2.24) is 0 Å². The largest absolute Gasteiger partial charge is 0.390 e. The molecule has 0 aliphatic heterocycles. The summed E-state index contributed by atoms with van der Waals surface area (Å²) in [6.45, 7) is 2.30. The number of likely N-dealkylation sites (N-methyl/N-ethyl adjacent to an activating group) is 1. The molecule has 0 aromatic rings. The number of nitrogens with zero attached hydrogens (tertiary/aromatic N) is 1. The molecule has 1 atom stereocenters. The summed E-state index contributed by atoms with van der Waals surface area (Å²) >= 11 is 0. The Morgan fingerprint density at radius 2 is 1.75 bits per heavy atom. The Morgan fingerprint density at radius 1 is 1.38 bits per heavy atom. The van der Waals surface area contributed by atoms with Gasteiger partial charge in [-0.1, -0.05) is 0 Å². The molecule has 2 nitrogen and oxygen atoms in total. The first-order chi connectivity index (χ1) is 3.48. The van der Waals surface area contributed by atoms with Gasteiger partial charge in [-0.05, 0) is 6.92 Å². The van der Waals surface area contributed by atoms with Gasteiger partial charge in [0.25, 0.3) is 0 Å². The topological polar surface area (TPSA) is 20.2 Å². The standard InChI is InChI=1S/C6H16NO/c1-6(5-8)7(2,3)4/h6,8H,5H2,1-4H3/q+1/t6-/m0/s1. The number of aliphatic hydroxyl groups excluding tert-OH is 1. The van der Waals surface area contributed by atoms with E-state index in [1.54, 1.807) is 0 Å². The molecule has 0 rings (SSSR count). The molecular formula is C6H16NO+. The predicted octanol–water partition coefficient (Wildman–Crippen LogP) is 0.0734. The van der Waals surface area contributed by atoms with Gasteiger partial charge in [-0.2, -0.15) is 0 Å². The molecule has 2 heteroatoms. The van der Waals surface area contributed by atoms with E-state index in [2.05, 4.69) is 21.1 Å². The molecule has 0 aliphatic carbocycles. The third-order valence-corrected chi connectivity index (χ3v) is 1.59. The van der Waals surface area contributed by atoms with Crippen LogP contribution in [0.5, 0.6) is 0 Å². The van der Waals surface area contributed by atoms with Gasteiger partial charge >= 0.3 is 0 Å². The molecule has 0 bridgehead atoms. The van der Waals surface area contributed by atoms with Crippen molar-refractivity contribution in [3.05, 3.63) is 0 Å². The van der Waals surface area contributed by atoms with Crippen molar-refractivity contribution in [3.8, 4) is 0 Å². The number of rotatable bonds is 2. The normalized spacial score (nSPS) is 16.1. The molecule has 0 saturated heterocycles. The fourth-order valence-electron chi connectivity index (χ4n) is 0.245. The second-order valence-electron chi connectivity index (χ2n) is 3.15. The molecule has 0 fully saturated rings. The maximum Gasteiger partial charge on any atom is 0.109 e. The first-order valence-electron chi connectivity index (χ1n) is 2.90. The summed E-state index contributed by atoms with van der Waals surface area (Å²) in [6, 6.07) is 0.343. The Labute approximate surface area is 51.3 Å². The molecule has 1 N–H and O–H groups in total. The summed E-state index contributed by atoms with van der Waals surface area (Å²) < 4.78 is 0.830. The van der Waals surface area contributed by atoms with E-state index in [0.717, 1.165) is 4.48 Å². The number of aliphatic hydroxyl groups is 1. The lowest BCUT2D eigenvalue weighted by atomic mass is 10.3. The van der Waals surface area contributed by atoms with Gasteiger partial charge in [0.1, 0.15) is 6.04 Å². The van der Waals surface area contributed by atoms with Crippen LogP contribution in [0.4, 0.5) is 0 Å². The minimum absolute atomic E-state index is 0.267. The smallest absolute Gasteiger partial charge is 0.109 e. The Kier molecular flexibility index (Phi) is 2.44. The lowest BCUT2D eigenvalue weighted by molar-refractivity contribution is -0.894. The van der Waals surface area contributed by atoms with E-state index in [-0.39, 0.29) is 6.61 Å². The summed E-state index contributed by atoms with van der Waals surface area (Å²) in [5, 5.41) is 8.65. The Hall–Kier alpha value is -0.0800. The minimum Gasteiger partial charge on any atom is -0.390 e. The van der Waals surface area contributed by atoms with Crippen molar-refractivity contribution in [2.45, 2.75) is 13.0 Å². The highest BCUT2D eigenvalue weighted by molar-refractivity contribution is 4.41. The van der Waals surface area contributed by atoms with Crippen LogP contribution in [0, 0.1) is 0 Å². The molecule has 0 unspecified atom stereocenters. The van der Waals surface area contributed by atoms with Crippen LogP contribution >= 0.6 is 0 Å². The van der Waals surface area contributed by atoms with Gasteiger partial charge in [0.05, 0.1) is 27.7 Å². The van der Waals surface area contributed by atoms with Gasteiger partial charge in [0.15, 0.2) is 0 Å². The quantitative estimate of drug-likeness (QED) is 0.509. The number of hydrogen-bond acceptors (Lipinski definition) is 1. The van der Waals surface area contributed by atoms with Crippen molar-refractivity contribution in [3.63, 3.8) is 0 Å². The summed E-state index contributed by atoms with van der Waals surface area (Å²) in [4.78, 5) is 0. The van der Waals surface area contributed by atoms with E-state index in [1.807, 2.05) is 6.92 Å². The highest BCUT2D eigenvalue weighted by atomic mass is 16.3. The molecule has 0 aromatic carbocycles. The number of quaternary nitrogens is 1. The molecule has 0 aromatic heterocycles. The fourth-order valence-corrected chi connectivity index (χ4v) is 0.245. The van der Waals surface area contributed by atoms with Gasteiger partial charge in [-0.3, -0.25) is 0 Å². The molecule has 0 heterocycles. The minimum atomic E-state index is 0.267. The van der Waals surface area contributed by atoms with Crippen LogP contribution in [0.1, 0.15) is 6.92 Å². The molecule has 0 radical (unpaired) electrons. The van der Waals surface area contributed by atoms with E-state index >= 15 is 0 Å². The monoisotopic (exact) mass is 118 g/mol. The zero-order valence-corrected chi connectivity index (χ0v) is 6.18. The van der Waals surface area contributed by atoms with E-state index < -0.39 is 0 Å². The molecule has 0 aliphatic rings. The van der Waals surface area contributed by atoms with Crippen LogP contribution in [-0.4, -0.2) is 43.4 Å². The van der Waals surface area contributed by atoms with Crippen molar-refractivity contribution < 1.29 is 9.59 Å². The van der Waals surface area contributed by atoms with E-state index in [9.17, 15) is 0 Å². The average molecular weight is 118 g/mol. The summed E-state index contributed by atoms with van der Waals surface area (Å²) in [6.07, 6.45) is 0. The third-order valence-electron chi connectivity index (χ3n) is 1.59. The van der Waals surface area contributed by atoms with Gasteiger partial charge in [-0.25, -0.2) is 0 Å². The number of hydrogen-bond donors (Lipinski definition) is 1. The molecular weight excluding hydrogens is 102 g/mol. The third kappa shape index (κ3) is 2.28. The summed E-state index contributed by atoms with van der Waals surface area (Å²) in [7, 11) is 6.21. The van der Waals surface area contributed by atoms with Crippen LogP contribution in [0.25, 0.3) is 0 Å². The fraction of sp³-hybridized carbons (Fsp3) is 1.00. The lowest BCUT2D eigenvalue weighted by Crippen LogP contribution is -2.45. The van der Waals surface area contributed by atoms with E-state index in [0.29, 0.717) is 6.04 Å². The molecule has 8 heavy (non-hydrogen) atoms. The Balaban J connectivity index is 3.62. The zero-order valence-electron chi connectivity index (χ0n) is 6.18. The second-order valence-corrected chi connectivity index (χ2v) is 3.15. The SMILES string of the molecule is C[C@@H](CO)[N+](C)(C)C. The van der Waals surface area contributed by atoms with Crippen LogP contribution < -0.4 is 0 Å². The van der Waals surface area contributed by atoms with Gasteiger partial charge in [0.2, 0.25) is 0 Å². The maximum atomic E-state index is 8.65. The van der Waals surface area contributed by atoms with Gasteiger partial charge in [-0.15, -0.1) is 0 Å². The summed E-state index contributed by atoms with van der Waals surface area (Å²) in [5.74, 6) is 0. The zero-order chi connectivity index (χ0) is 6.78.